The molecule has 0 bridgehead atoms. The molecule has 0 aliphatic carbocycles. The lowest BCUT2D eigenvalue weighted by Gasteiger charge is -2.19. The van der Waals surface area contributed by atoms with Gasteiger partial charge in [-0.25, -0.2) is 18.1 Å². The second kappa shape index (κ2) is 11.4. The van der Waals surface area contributed by atoms with Crippen molar-refractivity contribution in [3.63, 3.8) is 0 Å². The van der Waals surface area contributed by atoms with Crippen LogP contribution in [0.3, 0.4) is 0 Å². The highest BCUT2D eigenvalue weighted by Crippen LogP contribution is 2.24. The molecule has 2 N–H and O–H groups in total. The van der Waals surface area contributed by atoms with Gasteiger partial charge in [-0.15, -0.1) is 0 Å². The molecule has 1 aromatic heterocycles. The summed E-state index contributed by atoms with van der Waals surface area (Å²) in [5.74, 6) is -0.0277. The zero-order valence-electron chi connectivity index (χ0n) is 20.4. The Labute approximate surface area is 206 Å². The van der Waals surface area contributed by atoms with Crippen molar-refractivity contribution in [1.29, 1.82) is 0 Å². The van der Waals surface area contributed by atoms with E-state index in [0.717, 1.165) is 11.1 Å². The van der Waals surface area contributed by atoms with E-state index in [2.05, 4.69) is 35.8 Å². The van der Waals surface area contributed by atoms with Crippen LogP contribution < -0.4 is 14.8 Å². The summed E-state index contributed by atoms with van der Waals surface area (Å²) in [7, 11) is -2.09. The first-order chi connectivity index (χ1) is 16.6. The number of nitrogens with one attached hydrogen (secondary N) is 2. The van der Waals surface area contributed by atoms with Gasteiger partial charge >= 0.3 is 0 Å². The van der Waals surface area contributed by atoms with E-state index in [-0.39, 0.29) is 22.8 Å². The first-order valence-corrected chi connectivity index (χ1v) is 12.7. The maximum Gasteiger partial charge on any atom is 0.255 e. The highest BCUT2D eigenvalue weighted by molar-refractivity contribution is 7.89. The number of hydrogen-bond donors (Lipinski definition) is 2. The molecule has 0 saturated carbocycles. The molecule has 3 rings (SSSR count). The molecule has 0 atom stereocenters. The number of rotatable bonds is 10. The van der Waals surface area contributed by atoms with Crippen LogP contribution >= 0.6 is 0 Å². The number of aromatic nitrogens is 1. The maximum absolute atomic E-state index is 12.7. The van der Waals surface area contributed by atoms with E-state index < -0.39 is 10.0 Å². The number of pyridine rings is 1. The van der Waals surface area contributed by atoms with E-state index in [1.54, 1.807) is 61.8 Å². The van der Waals surface area contributed by atoms with Crippen molar-refractivity contribution in [2.75, 3.05) is 25.6 Å². The molecule has 0 aliphatic heterocycles. The summed E-state index contributed by atoms with van der Waals surface area (Å²) in [6.45, 7) is 7.03. The van der Waals surface area contributed by atoms with Gasteiger partial charge in [0.2, 0.25) is 15.9 Å². The van der Waals surface area contributed by atoms with Crippen LogP contribution in [0, 0.1) is 0 Å². The lowest BCUT2D eigenvalue weighted by molar-refractivity contribution is 0.102. The van der Waals surface area contributed by atoms with Gasteiger partial charge in [-0.1, -0.05) is 45.0 Å². The average Bonchev–Trinajstić information content (AvgIpc) is 2.84. The number of methoxy groups -OCH3 is 1. The second-order valence-electron chi connectivity index (χ2n) is 8.95. The summed E-state index contributed by atoms with van der Waals surface area (Å²) in [5, 5.41) is 2.79. The number of amides is 1. The molecule has 35 heavy (non-hydrogen) atoms. The molecule has 186 valence electrons. The Hall–Kier alpha value is -3.27. The summed E-state index contributed by atoms with van der Waals surface area (Å²) >= 11 is 0. The fourth-order valence-electron chi connectivity index (χ4n) is 3.19. The van der Waals surface area contributed by atoms with Crippen LogP contribution in [0.1, 0.15) is 42.3 Å². The molecule has 0 radical (unpaired) electrons. The zero-order valence-corrected chi connectivity index (χ0v) is 21.2. The number of carbonyl (C=O) groups excluding carboxylic acids is 1. The number of ether oxygens (including phenoxy) is 2. The lowest BCUT2D eigenvalue weighted by atomic mass is 9.87. The van der Waals surface area contributed by atoms with E-state index in [4.69, 9.17) is 9.47 Å². The molecular formula is C26H31N3O5S. The molecule has 0 fully saturated rings. The summed E-state index contributed by atoms with van der Waals surface area (Å²) in [6.07, 6.45) is 1.58. The van der Waals surface area contributed by atoms with Gasteiger partial charge in [0.25, 0.3) is 5.91 Å². The number of anilines is 1. The fraction of sp³-hybridized carbons (Fsp3) is 0.308. The minimum absolute atomic E-state index is 0.0562. The van der Waals surface area contributed by atoms with Crippen LogP contribution in [0.15, 0.2) is 71.8 Å². The molecule has 0 aliphatic rings. The number of sulfonamides is 1. The molecule has 8 nitrogen and oxygen atoms in total. The van der Waals surface area contributed by atoms with Gasteiger partial charge in [0.1, 0.15) is 12.3 Å². The summed E-state index contributed by atoms with van der Waals surface area (Å²) < 4.78 is 38.5. The Bertz CT molecular complexity index is 1240. The molecule has 1 amide bonds. The Kier molecular flexibility index (Phi) is 8.61. The quantitative estimate of drug-likeness (QED) is 0.408. The number of carbonyl (C=O) groups is 1. The van der Waals surface area contributed by atoms with E-state index >= 15 is 0 Å². The molecule has 2 aromatic carbocycles. The lowest BCUT2D eigenvalue weighted by Crippen LogP contribution is -2.23. The fourth-order valence-corrected chi connectivity index (χ4v) is 4.20. The monoisotopic (exact) mass is 497 g/mol. The van der Waals surface area contributed by atoms with Crippen LogP contribution in [0.2, 0.25) is 0 Å². The van der Waals surface area contributed by atoms with Gasteiger partial charge in [-0.05, 0) is 52.9 Å². The van der Waals surface area contributed by atoms with Gasteiger partial charge in [-0.3, -0.25) is 4.79 Å². The largest absolute Gasteiger partial charge is 0.474 e. The summed E-state index contributed by atoms with van der Waals surface area (Å²) in [6, 6.07) is 17.0. The third-order valence-corrected chi connectivity index (χ3v) is 6.68. The summed E-state index contributed by atoms with van der Waals surface area (Å²) in [5.41, 5.74) is 2.59. The van der Waals surface area contributed by atoms with Crippen LogP contribution in [-0.4, -0.2) is 39.6 Å². The van der Waals surface area contributed by atoms with Crippen molar-refractivity contribution >= 4 is 21.6 Å². The van der Waals surface area contributed by atoms with Gasteiger partial charge < -0.3 is 14.8 Å². The number of hydrogen-bond acceptors (Lipinski definition) is 6. The van der Waals surface area contributed by atoms with Crippen molar-refractivity contribution in [2.24, 2.45) is 0 Å². The van der Waals surface area contributed by atoms with Crippen LogP contribution in [0.25, 0.3) is 0 Å². The van der Waals surface area contributed by atoms with Crippen LogP contribution in [-0.2, 0) is 26.7 Å². The van der Waals surface area contributed by atoms with E-state index in [1.807, 2.05) is 12.1 Å². The Balaban J connectivity index is 1.61. The molecule has 0 saturated heterocycles. The molecule has 0 unspecified atom stereocenters. The normalized spacial score (nSPS) is 11.8. The Morgan fingerprint density at radius 3 is 2.29 bits per heavy atom. The topological polar surface area (TPSA) is 107 Å². The van der Waals surface area contributed by atoms with Crippen LogP contribution in [0.5, 0.6) is 5.88 Å². The summed E-state index contributed by atoms with van der Waals surface area (Å²) in [4.78, 5) is 17.0. The molecule has 3 aromatic rings. The van der Waals surface area contributed by atoms with Crippen molar-refractivity contribution in [3.8, 4) is 5.88 Å². The molecule has 0 spiro atoms. The van der Waals surface area contributed by atoms with Crippen molar-refractivity contribution in [1.82, 2.24) is 9.71 Å². The number of nitrogens with zero attached hydrogens (tertiary/aromatic N) is 1. The minimum Gasteiger partial charge on any atom is -0.474 e. The van der Waals surface area contributed by atoms with Crippen molar-refractivity contribution in [2.45, 2.75) is 37.6 Å². The highest BCUT2D eigenvalue weighted by Gasteiger charge is 2.18. The van der Waals surface area contributed by atoms with Gasteiger partial charge in [-0.2, -0.15) is 0 Å². The first-order valence-electron chi connectivity index (χ1n) is 11.2. The number of benzene rings is 2. The third-order valence-electron chi connectivity index (χ3n) is 5.26. The van der Waals surface area contributed by atoms with E-state index in [1.165, 1.54) is 0 Å². The van der Waals surface area contributed by atoms with Crippen molar-refractivity contribution in [3.05, 3.63) is 83.6 Å². The van der Waals surface area contributed by atoms with E-state index in [9.17, 15) is 13.2 Å². The van der Waals surface area contributed by atoms with Gasteiger partial charge in [0.15, 0.2) is 0 Å². The smallest absolute Gasteiger partial charge is 0.255 e. The zero-order chi connectivity index (χ0) is 25.5. The SMILES string of the molecule is COCCOc1ncccc1NC(=O)c1ccc(CNS(=O)(=O)c2ccc(C(C)(C)C)cc2)cc1. The standard InChI is InChI=1S/C26H31N3O5S/c1-26(2,3)21-11-13-22(14-12-21)35(31,32)28-18-19-7-9-20(10-8-19)24(30)29-23-6-5-15-27-25(23)34-17-16-33-4/h5-15,28H,16-18H2,1-4H3,(H,29,30). The van der Waals surface area contributed by atoms with Gasteiger partial charge in [0.05, 0.1) is 11.5 Å². The first kappa shape index (κ1) is 26.3. The predicted molar refractivity (Wildman–Crippen MR) is 135 cm³/mol. The Morgan fingerprint density at radius 1 is 0.971 bits per heavy atom. The van der Waals surface area contributed by atoms with E-state index in [0.29, 0.717) is 30.3 Å². The maximum atomic E-state index is 12.7. The van der Waals surface area contributed by atoms with Gasteiger partial charge in [0, 0.05) is 25.4 Å². The molecule has 1 heterocycles. The van der Waals surface area contributed by atoms with Crippen LogP contribution in [0.4, 0.5) is 5.69 Å². The second-order valence-corrected chi connectivity index (χ2v) is 10.7. The third kappa shape index (κ3) is 7.35. The molecular weight excluding hydrogens is 466 g/mol. The average molecular weight is 498 g/mol. The van der Waals surface area contributed by atoms with Crippen molar-refractivity contribution < 1.29 is 22.7 Å². The highest BCUT2D eigenvalue weighted by atomic mass is 32.2. The Morgan fingerprint density at radius 2 is 1.66 bits per heavy atom. The predicted octanol–water partition coefficient (Wildman–Crippen LogP) is 4.14. The minimum atomic E-state index is -3.66. The molecule has 9 heteroatoms.